The molecule has 3 rings (SSSR count). The Balaban J connectivity index is 2.03. The summed E-state index contributed by atoms with van der Waals surface area (Å²) in [6.45, 7) is -0.166. The summed E-state index contributed by atoms with van der Waals surface area (Å²) in [6.07, 6.45) is 1.11. The third-order valence-electron chi connectivity index (χ3n) is 4.15. The van der Waals surface area contributed by atoms with E-state index in [1.54, 1.807) is 10.9 Å². The van der Waals surface area contributed by atoms with Crippen LogP contribution < -0.4 is 4.90 Å². The second kappa shape index (κ2) is 6.00. The van der Waals surface area contributed by atoms with E-state index >= 15 is 0 Å². The molecule has 2 N–H and O–H groups in total. The second-order valence-corrected chi connectivity index (χ2v) is 6.11. The molecule has 0 saturated carbocycles. The van der Waals surface area contributed by atoms with Crippen LogP contribution in [0.15, 0.2) is 12.7 Å². The molecule has 126 valence electrons. The molecule has 0 bridgehead atoms. The van der Waals surface area contributed by atoms with Crippen molar-refractivity contribution in [2.75, 3.05) is 39.7 Å². The van der Waals surface area contributed by atoms with E-state index in [0.717, 1.165) is 0 Å². The molecule has 0 unspecified atom stereocenters. The van der Waals surface area contributed by atoms with Gasteiger partial charge in [0.25, 0.3) is 0 Å². The van der Waals surface area contributed by atoms with E-state index in [-0.39, 0.29) is 12.6 Å². The number of hydrogen-bond donors (Lipinski definition) is 2. The van der Waals surface area contributed by atoms with Gasteiger partial charge in [-0.15, -0.1) is 0 Å². The maximum absolute atomic E-state index is 10.7. The van der Waals surface area contributed by atoms with Crippen molar-refractivity contribution < 1.29 is 14.9 Å². The van der Waals surface area contributed by atoms with Gasteiger partial charge in [0.2, 0.25) is 0 Å². The number of rotatable bonds is 4. The lowest BCUT2D eigenvalue weighted by Crippen LogP contribution is -2.44. The number of aliphatic hydroxyl groups excluding tert-OH is 2. The molecule has 9 heteroatoms. The van der Waals surface area contributed by atoms with Crippen molar-refractivity contribution in [2.45, 2.75) is 24.5 Å². The molecule has 1 saturated heterocycles. The molecule has 0 aliphatic carbocycles. The summed E-state index contributed by atoms with van der Waals surface area (Å²) in [6, 6.07) is -0.308. The highest BCUT2D eigenvalue weighted by Gasteiger charge is 2.46. The van der Waals surface area contributed by atoms with Crippen LogP contribution in [0.1, 0.15) is 6.23 Å². The Kier molecular flexibility index (Phi) is 4.19. The predicted octanol–water partition coefficient (Wildman–Crippen LogP) is -0.927. The topological polar surface area (TPSA) is 99.8 Å². The third-order valence-corrected chi connectivity index (χ3v) is 4.15. The minimum Gasteiger partial charge on any atom is -0.394 e. The Morgan fingerprint density at radius 2 is 1.96 bits per heavy atom. The van der Waals surface area contributed by atoms with Crippen molar-refractivity contribution in [1.29, 1.82) is 0 Å². The van der Waals surface area contributed by atoms with E-state index in [9.17, 15) is 10.2 Å². The zero-order valence-electron chi connectivity index (χ0n) is 13.7. The van der Waals surface area contributed by atoms with Crippen LogP contribution in [-0.4, -0.2) is 87.7 Å². The van der Waals surface area contributed by atoms with Crippen LogP contribution in [0.2, 0.25) is 0 Å². The molecule has 1 aliphatic rings. The lowest BCUT2D eigenvalue weighted by atomic mass is 10.1. The number of anilines is 1. The van der Waals surface area contributed by atoms with E-state index in [1.807, 2.05) is 38.0 Å². The fourth-order valence-corrected chi connectivity index (χ4v) is 3.10. The Morgan fingerprint density at radius 3 is 2.52 bits per heavy atom. The highest BCUT2D eigenvalue weighted by atomic mass is 16.5. The molecule has 23 heavy (non-hydrogen) atoms. The van der Waals surface area contributed by atoms with Gasteiger partial charge in [-0.05, 0) is 14.1 Å². The molecule has 0 amide bonds. The summed E-state index contributed by atoms with van der Waals surface area (Å²) < 4.78 is 7.55. The summed E-state index contributed by atoms with van der Waals surface area (Å²) in [5.41, 5.74) is 1.23. The average molecular weight is 322 g/mol. The summed E-state index contributed by atoms with van der Waals surface area (Å²) in [4.78, 5) is 16.6. The zero-order chi connectivity index (χ0) is 16.7. The molecule has 0 radical (unpaired) electrons. The molecular formula is C14H22N6O3. The molecule has 3 heterocycles. The van der Waals surface area contributed by atoms with Crippen LogP contribution >= 0.6 is 0 Å². The van der Waals surface area contributed by atoms with Crippen molar-refractivity contribution in [3.8, 4) is 0 Å². The molecule has 2 aromatic rings. The van der Waals surface area contributed by atoms with Gasteiger partial charge in [0, 0.05) is 14.1 Å². The lowest BCUT2D eigenvalue weighted by molar-refractivity contribution is -0.0495. The quantitative estimate of drug-likeness (QED) is 0.745. The SMILES string of the molecule is CN(C)c1ncnc2c1ncn2[C@H]1O[C@H](CO)[C@H](N(C)C)[C@@H]1O. The van der Waals surface area contributed by atoms with Crippen molar-refractivity contribution in [2.24, 2.45) is 0 Å². The molecule has 0 spiro atoms. The van der Waals surface area contributed by atoms with Gasteiger partial charge in [-0.3, -0.25) is 4.57 Å². The summed E-state index contributed by atoms with van der Waals surface area (Å²) >= 11 is 0. The van der Waals surface area contributed by atoms with Crippen LogP contribution in [0.4, 0.5) is 5.82 Å². The molecular weight excluding hydrogens is 300 g/mol. The average Bonchev–Trinajstić information content (AvgIpc) is 3.07. The number of aliphatic hydroxyl groups is 2. The smallest absolute Gasteiger partial charge is 0.167 e. The van der Waals surface area contributed by atoms with Gasteiger partial charge in [0.1, 0.15) is 18.5 Å². The van der Waals surface area contributed by atoms with Gasteiger partial charge in [-0.1, -0.05) is 0 Å². The van der Waals surface area contributed by atoms with Gasteiger partial charge in [0.05, 0.1) is 19.0 Å². The number of nitrogens with zero attached hydrogens (tertiary/aromatic N) is 6. The number of likely N-dealkylation sites (N-methyl/N-ethyl adjacent to an activating group) is 1. The van der Waals surface area contributed by atoms with E-state index in [1.165, 1.54) is 6.33 Å². The van der Waals surface area contributed by atoms with Gasteiger partial charge < -0.3 is 24.7 Å². The van der Waals surface area contributed by atoms with Crippen LogP contribution in [0.3, 0.4) is 0 Å². The lowest BCUT2D eigenvalue weighted by Gasteiger charge is -2.25. The minimum atomic E-state index is -0.808. The number of fused-ring (bicyclic) bond motifs is 1. The second-order valence-electron chi connectivity index (χ2n) is 6.11. The van der Waals surface area contributed by atoms with Crippen molar-refractivity contribution in [1.82, 2.24) is 24.4 Å². The molecule has 2 aromatic heterocycles. The standard InChI is InChI=1S/C14H22N6O3/c1-18(2)10-8(5-21)23-14(11(10)22)20-7-17-9-12(19(3)4)15-6-16-13(9)20/h6-8,10-11,14,21-22H,5H2,1-4H3/t8-,10+,11+,14+/m1/s1. The highest BCUT2D eigenvalue weighted by Crippen LogP contribution is 2.34. The van der Waals surface area contributed by atoms with Gasteiger partial charge in [-0.25, -0.2) is 15.0 Å². The first kappa shape index (κ1) is 16.1. The van der Waals surface area contributed by atoms with Gasteiger partial charge in [0.15, 0.2) is 23.2 Å². The molecule has 4 atom stereocenters. The largest absolute Gasteiger partial charge is 0.394 e. The molecule has 9 nitrogen and oxygen atoms in total. The van der Waals surface area contributed by atoms with E-state index in [2.05, 4.69) is 15.0 Å². The maximum atomic E-state index is 10.7. The third kappa shape index (κ3) is 2.55. The Hall–Kier alpha value is -1.81. The first-order chi connectivity index (χ1) is 11.0. The van der Waals surface area contributed by atoms with Crippen LogP contribution in [-0.2, 0) is 4.74 Å². The zero-order valence-corrected chi connectivity index (χ0v) is 13.7. The molecule has 1 fully saturated rings. The number of aromatic nitrogens is 4. The van der Waals surface area contributed by atoms with E-state index in [0.29, 0.717) is 17.0 Å². The Morgan fingerprint density at radius 1 is 1.22 bits per heavy atom. The molecule has 0 aromatic carbocycles. The first-order valence-corrected chi connectivity index (χ1v) is 7.41. The number of imidazole rings is 1. The maximum Gasteiger partial charge on any atom is 0.167 e. The predicted molar refractivity (Wildman–Crippen MR) is 84.1 cm³/mol. The highest BCUT2D eigenvalue weighted by molar-refractivity contribution is 5.83. The number of ether oxygens (including phenoxy) is 1. The van der Waals surface area contributed by atoms with Crippen molar-refractivity contribution >= 4 is 17.0 Å². The van der Waals surface area contributed by atoms with Gasteiger partial charge >= 0.3 is 0 Å². The fraction of sp³-hybridized carbons (Fsp3) is 0.643. The van der Waals surface area contributed by atoms with Crippen LogP contribution in [0, 0.1) is 0 Å². The van der Waals surface area contributed by atoms with E-state index in [4.69, 9.17) is 4.74 Å². The van der Waals surface area contributed by atoms with Crippen LogP contribution in [0.25, 0.3) is 11.2 Å². The summed E-state index contributed by atoms with van der Waals surface area (Å²) in [5, 5.41) is 20.2. The van der Waals surface area contributed by atoms with Crippen molar-refractivity contribution in [3.05, 3.63) is 12.7 Å². The van der Waals surface area contributed by atoms with Crippen LogP contribution in [0.5, 0.6) is 0 Å². The summed E-state index contributed by atoms with van der Waals surface area (Å²) in [5.74, 6) is 0.698. The van der Waals surface area contributed by atoms with Gasteiger partial charge in [-0.2, -0.15) is 0 Å². The van der Waals surface area contributed by atoms with E-state index < -0.39 is 18.4 Å². The first-order valence-electron chi connectivity index (χ1n) is 7.41. The summed E-state index contributed by atoms with van der Waals surface area (Å²) in [7, 11) is 7.46. The fourth-order valence-electron chi connectivity index (χ4n) is 3.10. The Labute approximate surface area is 134 Å². The normalized spacial score (nSPS) is 28.0. The molecule has 1 aliphatic heterocycles. The number of hydrogen-bond acceptors (Lipinski definition) is 8. The Bertz CT molecular complexity index is 688. The minimum absolute atomic E-state index is 0.166. The monoisotopic (exact) mass is 322 g/mol. The van der Waals surface area contributed by atoms with Crippen molar-refractivity contribution in [3.63, 3.8) is 0 Å².